The van der Waals surface area contributed by atoms with Crippen molar-refractivity contribution in [2.75, 3.05) is 51.2 Å². The molecule has 0 saturated carbocycles. The van der Waals surface area contributed by atoms with Crippen molar-refractivity contribution in [3.8, 4) is 10.7 Å². The topological polar surface area (TPSA) is 74.9 Å². The molecular formula is C22H27N5O3S. The molecule has 2 aliphatic rings. The summed E-state index contributed by atoms with van der Waals surface area (Å²) >= 11 is 1.36. The van der Waals surface area contributed by atoms with Gasteiger partial charge >= 0.3 is 0 Å². The minimum absolute atomic E-state index is 0.00379. The zero-order chi connectivity index (χ0) is 21.5. The smallest absolute Gasteiger partial charge is 0.265 e. The number of thiazole rings is 1. The molecule has 1 aromatic carbocycles. The third-order valence-corrected chi connectivity index (χ3v) is 6.94. The van der Waals surface area contributed by atoms with Crippen molar-refractivity contribution in [2.45, 2.75) is 26.1 Å². The summed E-state index contributed by atoms with van der Waals surface area (Å²) in [5.41, 5.74) is 2.58. The number of ether oxygens (including phenoxy) is 1. The zero-order valence-corrected chi connectivity index (χ0v) is 18.9. The Morgan fingerprint density at radius 3 is 2.61 bits per heavy atom. The third-order valence-electron chi connectivity index (χ3n) is 5.95. The summed E-state index contributed by atoms with van der Waals surface area (Å²) in [5.74, 6) is -0.00379. The van der Waals surface area contributed by atoms with E-state index in [2.05, 4.69) is 33.1 Å². The van der Waals surface area contributed by atoms with Crippen LogP contribution in [0.3, 0.4) is 0 Å². The molecule has 0 aliphatic carbocycles. The van der Waals surface area contributed by atoms with Crippen LogP contribution in [0.5, 0.6) is 0 Å². The van der Waals surface area contributed by atoms with Crippen LogP contribution >= 0.6 is 11.3 Å². The molecule has 2 aromatic heterocycles. The summed E-state index contributed by atoms with van der Waals surface area (Å²) in [6, 6.07) is 6.21. The molecule has 31 heavy (non-hydrogen) atoms. The summed E-state index contributed by atoms with van der Waals surface area (Å²) in [6.45, 7) is 9.28. The lowest BCUT2D eigenvalue weighted by Gasteiger charge is -2.34. The molecular weight excluding hydrogens is 414 g/mol. The Bertz CT molecular complexity index is 1080. The lowest BCUT2D eigenvalue weighted by atomic mass is 10.1. The first-order valence-electron chi connectivity index (χ1n) is 10.7. The van der Waals surface area contributed by atoms with Gasteiger partial charge in [0.1, 0.15) is 15.6 Å². The fourth-order valence-electron chi connectivity index (χ4n) is 4.32. The number of aromatic nitrogens is 2. The highest BCUT2D eigenvalue weighted by Crippen LogP contribution is 2.33. The van der Waals surface area contributed by atoms with Crippen LogP contribution in [0.4, 0.5) is 5.69 Å². The molecule has 0 N–H and O–H groups in total. The van der Waals surface area contributed by atoms with Crippen molar-refractivity contribution in [1.29, 1.82) is 0 Å². The fourth-order valence-corrected chi connectivity index (χ4v) is 5.20. The van der Waals surface area contributed by atoms with Gasteiger partial charge < -0.3 is 24.0 Å². The Balaban J connectivity index is 1.37. The molecule has 2 aliphatic heterocycles. The van der Waals surface area contributed by atoms with Gasteiger partial charge in [0.15, 0.2) is 5.58 Å². The van der Waals surface area contributed by atoms with E-state index < -0.39 is 0 Å². The van der Waals surface area contributed by atoms with Gasteiger partial charge in [-0.15, -0.1) is 11.3 Å². The maximum Gasteiger partial charge on any atom is 0.265 e. The molecule has 2 saturated heterocycles. The van der Waals surface area contributed by atoms with Crippen molar-refractivity contribution in [3.05, 3.63) is 29.3 Å². The van der Waals surface area contributed by atoms with E-state index in [1.54, 1.807) is 6.20 Å². The molecule has 2 fully saturated rings. The van der Waals surface area contributed by atoms with Gasteiger partial charge in [-0.05, 0) is 33.0 Å². The molecule has 1 amide bonds. The lowest BCUT2D eigenvalue weighted by molar-refractivity contribution is -0.0585. The second-order valence-corrected chi connectivity index (χ2v) is 9.53. The quantitative estimate of drug-likeness (QED) is 0.619. The molecule has 8 nitrogen and oxygen atoms in total. The number of anilines is 1. The fraction of sp³-hybridized carbons (Fsp3) is 0.500. The van der Waals surface area contributed by atoms with E-state index in [1.165, 1.54) is 11.3 Å². The van der Waals surface area contributed by atoms with E-state index in [4.69, 9.17) is 9.26 Å². The van der Waals surface area contributed by atoms with Crippen LogP contribution in [0.15, 0.2) is 28.9 Å². The first kappa shape index (κ1) is 20.4. The number of hydrogen-bond donors (Lipinski definition) is 0. The Labute approximate surface area is 185 Å². The summed E-state index contributed by atoms with van der Waals surface area (Å²) in [7, 11) is 2.15. The van der Waals surface area contributed by atoms with Gasteiger partial charge in [0.2, 0.25) is 0 Å². The van der Waals surface area contributed by atoms with Gasteiger partial charge in [-0.1, -0.05) is 5.16 Å². The maximum absolute atomic E-state index is 13.0. The normalized spacial score (nSPS) is 22.9. The highest BCUT2D eigenvalue weighted by atomic mass is 32.1. The average molecular weight is 442 g/mol. The van der Waals surface area contributed by atoms with Gasteiger partial charge in [-0.25, -0.2) is 4.98 Å². The van der Waals surface area contributed by atoms with Crippen LogP contribution in [0.2, 0.25) is 0 Å². The van der Waals surface area contributed by atoms with Crippen molar-refractivity contribution < 1.29 is 14.1 Å². The minimum atomic E-state index is -0.00379. The van der Waals surface area contributed by atoms with E-state index in [9.17, 15) is 4.79 Å². The molecule has 0 spiro atoms. The molecule has 0 unspecified atom stereocenters. The van der Waals surface area contributed by atoms with Crippen LogP contribution in [-0.2, 0) is 4.74 Å². The predicted octanol–water partition coefficient (Wildman–Crippen LogP) is 2.95. The van der Waals surface area contributed by atoms with Crippen LogP contribution in [0, 0.1) is 0 Å². The standard InChI is InChI=1S/C22H27N5O3S/c1-14-12-27(13-15(2)29-14)22(28)19-11-23-21(31-19)20-17-5-4-16(10-18(17)30-24-20)26-8-6-25(3)7-9-26/h4-5,10-11,14-15H,6-9,12-13H2,1-3H3/t14-,15-/m0/s1. The highest BCUT2D eigenvalue weighted by Gasteiger charge is 2.28. The third kappa shape index (κ3) is 4.05. The Morgan fingerprint density at radius 2 is 1.87 bits per heavy atom. The second-order valence-electron chi connectivity index (χ2n) is 8.50. The monoisotopic (exact) mass is 441 g/mol. The van der Waals surface area contributed by atoms with Gasteiger partial charge in [0.25, 0.3) is 5.91 Å². The number of hydrogen-bond acceptors (Lipinski definition) is 8. The predicted molar refractivity (Wildman–Crippen MR) is 121 cm³/mol. The highest BCUT2D eigenvalue weighted by molar-refractivity contribution is 7.17. The van der Waals surface area contributed by atoms with E-state index in [0.717, 1.165) is 42.8 Å². The van der Waals surface area contributed by atoms with Crippen molar-refractivity contribution in [3.63, 3.8) is 0 Å². The number of likely N-dealkylation sites (N-methyl/N-ethyl adjacent to an activating group) is 1. The zero-order valence-electron chi connectivity index (χ0n) is 18.1. The van der Waals surface area contributed by atoms with Gasteiger partial charge in [0.05, 0.1) is 23.8 Å². The van der Waals surface area contributed by atoms with Crippen LogP contribution in [0.1, 0.15) is 23.5 Å². The van der Waals surface area contributed by atoms with Gasteiger partial charge in [0, 0.05) is 51.0 Å². The van der Waals surface area contributed by atoms with Crippen molar-refractivity contribution in [1.82, 2.24) is 19.9 Å². The molecule has 5 rings (SSSR count). The number of amides is 1. The SMILES string of the molecule is C[C@H]1CN(C(=O)c2cnc(-c3noc4cc(N5CCN(C)CC5)ccc34)s2)C[C@H](C)O1. The summed E-state index contributed by atoms with van der Waals surface area (Å²) in [4.78, 5) is 24.6. The molecule has 2 atom stereocenters. The summed E-state index contributed by atoms with van der Waals surface area (Å²) in [6.07, 6.45) is 1.72. The number of rotatable bonds is 3. The Kier molecular flexibility index (Phi) is 5.41. The molecule has 164 valence electrons. The molecule has 4 heterocycles. The van der Waals surface area contributed by atoms with Crippen LogP contribution in [0.25, 0.3) is 21.7 Å². The first-order chi connectivity index (χ1) is 15.0. The maximum atomic E-state index is 13.0. The average Bonchev–Trinajstić information content (AvgIpc) is 3.39. The first-order valence-corrected chi connectivity index (χ1v) is 11.5. The number of carbonyl (C=O) groups excluding carboxylic acids is 1. The van der Waals surface area contributed by atoms with Gasteiger partial charge in [-0.2, -0.15) is 0 Å². The molecule has 0 radical (unpaired) electrons. The van der Waals surface area contributed by atoms with Crippen molar-refractivity contribution >= 4 is 33.9 Å². The molecule has 3 aromatic rings. The molecule has 9 heteroatoms. The Morgan fingerprint density at radius 1 is 1.13 bits per heavy atom. The molecule has 0 bridgehead atoms. The van der Waals surface area contributed by atoms with E-state index in [-0.39, 0.29) is 18.1 Å². The number of piperazine rings is 1. The number of benzene rings is 1. The van der Waals surface area contributed by atoms with Gasteiger partial charge in [-0.3, -0.25) is 4.79 Å². The Hall–Kier alpha value is -2.49. The minimum Gasteiger partial charge on any atom is -0.372 e. The summed E-state index contributed by atoms with van der Waals surface area (Å²) in [5, 5.41) is 5.89. The number of morpholine rings is 1. The van der Waals surface area contributed by atoms with Crippen LogP contribution in [-0.4, -0.2) is 84.4 Å². The second kappa shape index (κ2) is 8.22. The largest absolute Gasteiger partial charge is 0.372 e. The van der Waals surface area contributed by atoms with E-state index in [0.29, 0.717) is 28.7 Å². The van der Waals surface area contributed by atoms with E-state index >= 15 is 0 Å². The van der Waals surface area contributed by atoms with Crippen LogP contribution < -0.4 is 4.90 Å². The number of carbonyl (C=O) groups is 1. The number of fused-ring (bicyclic) bond motifs is 1. The van der Waals surface area contributed by atoms with E-state index in [1.807, 2.05) is 30.9 Å². The lowest BCUT2D eigenvalue weighted by Crippen LogP contribution is -2.48. The summed E-state index contributed by atoms with van der Waals surface area (Å²) < 4.78 is 11.4. The van der Waals surface area contributed by atoms with Crippen molar-refractivity contribution in [2.24, 2.45) is 0 Å². The number of nitrogens with zero attached hydrogens (tertiary/aromatic N) is 5.